The summed E-state index contributed by atoms with van der Waals surface area (Å²) in [6.07, 6.45) is 0. The van der Waals surface area contributed by atoms with Crippen molar-refractivity contribution in [3.63, 3.8) is 0 Å². The molecule has 0 saturated carbocycles. The summed E-state index contributed by atoms with van der Waals surface area (Å²) in [5.41, 5.74) is 8.44. The molecule has 106 valence electrons. The van der Waals surface area contributed by atoms with E-state index in [9.17, 15) is 0 Å². The van der Waals surface area contributed by atoms with E-state index in [4.69, 9.17) is 22.1 Å². The van der Waals surface area contributed by atoms with Crippen LogP contribution in [0.25, 0.3) is 10.8 Å². The Hall–Kier alpha value is -2.03. The van der Waals surface area contributed by atoms with E-state index in [1.807, 2.05) is 36.4 Å². The topological polar surface area (TPSA) is 35.2 Å². The second kappa shape index (κ2) is 5.76. The van der Waals surface area contributed by atoms with E-state index in [1.165, 1.54) is 5.39 Å². The van der Waals surface area contributed by atoms with Gasteiger partial charge in [-0.2, -0.15) is 0 Å². The third kappa shape index (κ3) is 2.60. The van der Waals surface area contributed by atoms with Gasteiger partial charge in [-0.15, -0.1) is 0 Å². The first-order valence-electron chi connectivity index (χ1n) is 6.77. The van der Waals surface area contributed by atoms with Gasteiger partial charge in [0.05, 0.1) is 13.2 Å². The number of hydrogen-bond acceptors (Lipinski definition) is 2. The number of nitrogens with two attached hydrogens (primary N) is 1. The van der Waals surface area contributed by atoms with Gasteiger partial charge in [0.2, 0.25) is 0 Å². The van der Waals surface area contributed by atoms with Crippen molar-refractivity contribution >= 4 is 22.4 Å². The van der Waals surface area contributed by atoms with Gasteiger partial charge < -0.3 is 10.5 Å². The minimum Gasteiger partial charge on any atom is -0.496 e. The Morgan fingerprint density at radius 1 is 0.952 bits per heavy atom. The first-order valence-corrected chi connectivity index (χ1v) is 7.15. The van der Waals surface area contributed by atoms with Crippen LogP contribution in [-0.4, -0.2) is 7.11 Å². The van der Waals surface area contributed by atoms with Crippen molar-refractivity contribution in [3.05, 3.63) is 76.8 Å². The molecule has 0 aliphatic heterocycles. The highest BCUT2D eigenvalue weighted by molar-refractivity contribution is 6.30. The Morgan fingerprint density at radius 3 is 2.52 bits per heavy atom. The lowest BCUT2D eigenvalue weighted by Gasteiger charge is -2.18. The second-order valence-electron chi connectivity index (χ2n) is 4.93. The lowest BCUT2D eigenvalue weighted by molar-refractivity contribution is 0.408. The number of ether oxygens (including phenoxy) is 1. The SMILES string of the molecule is COc1ccc(Cl)cc1C(N)c1cccc2ccccc12. The zero-order valence-electron chi connectivity index (χ0n) is 11.7. The summed E-state index contributed by atoms with van der Waals surface area (Å²) in [5, 5.41) is 2.97. The van der Waals surface area contributed by atoms with Crippen LogP contribution in [0.3, 0.4) is 0 Å². The predicted octanol–water partition coefficient (Wildman–Crippen LogP) is 4.55. The normalized spacial score (nSPS) is 12.3. The Balaban J connectivity index is 2.17. The molecule has 0 fully saturated rings. The molecule has 0 aliphatic rings. The lowest BCUT2D eigenvalue weighted by Crippen LogP contribution is -2.13. The van der Waals surface area contributed by atoms with Crippen LogP contribution in [0.15, 0.2) is 60.7 Å². The molecule has 3 heteroatoms. The summed E-state index contributed by atoms with van der Waals surface area (Å²) < 4.78 is 5.42. The predicted molar refractivity (Wildman–Crippen MR) is 88.0 cm³/mol. The van der Waals surface area contributed by atoms with E-state index in [1.54, 1.807) is 13.2 Å². The average Bonchev–Trinajstić information content (AvgIpc) is 2.53. The maximum atomic E-state index is 6.49. The van der Waals surface area contributed by atoms with Gasteiger partial charge in [0.25, 0.3) is 0 Å². The minimum absolute atomic E-state index is 0.287. The van der Waals surface area contributed by atoms with Gasteiger partial charge in [0, 0.05) is 10.6 Å². The van der Waals surface area contributed by atoms with Gasteiger partial charge in [-0.05, 0) is 34.5 Å². The van der Waals surface area contributed by atoms with Crippen molar-refractivity contribution in [2.24, 2.45) is 5.73 Å². The summed E-state index contributed by atoms with van der Waals surface area (Å²) in [6, 6.07) is 19.6. The zero-order chi connectivity index (χ0) is 14.8. The van der Waals surface area contributed by atoms with Crippen LogP contribution in [0.2, 0.25) is 5.02 Å². The minimum atomic E-state index is -0.287. The largest absolute Gasteiger partial charge is 0.496 e. The smallest absolute Gasteiger partial charge is 0.124 e. The Kier molecular flexibility index (Phi) is 3.82. The quantitative estimate of drug-likeness (QED) is 0.770. The number of rotatable bonds is 3. The molecule has 0 amide bonds. The Labute approximate surface area is 129 Å². The molecule has 1 atom stereocenters. The molecule has 0 heterocycles. The van der Waals surface area contributed by atoms with Crippen LogP contribution in [0.4, 0.5) is 0 Å². The highest BCUT2D eigenvalue weighted by Crippen LogP contribution is 2.33. The van der Waals surface area contributed by atoms with Gasteiger partial charge in [0.15, 0.2) is 0 Å². The molecule has 3 rings (SSSR count). The fourth-order valence-corrected chi connectivity index (χ4v) is 2.82. The van der Waals surface area contributed by atoms with Gasteiger partial charge in [-0.1, -0.05) is 54.1 Å². The molecule has 0 saturated heterocycles. The number of fused-ring (bicyclic) bond motifs is 1. The molecule has 0 spiro atoms. The molecule has 2 nitrogen and oxygen atoms in total. The molecule has 0 aromatic heterocycles. The Morgan fingerprint density at radius 2 is 1.71 bits per heavy atom. The summed E-state index contributed by atoms with van der Waals surface area (Å²) in [5.74, 6) is 0.750. The molecular formula is C18H16ClNO. The number of methoxy groups -OCH3 is 1. The van der Waals surface area contributed by atoms with Crippen LogP contribution in [0, 0.1) is 0 Å². The Bertz CT molecular complexity index is 780. The van der Waals surface area contributed by atoms with E-state index in [2.05, 4.69) is 18.2 Å². The fourth-order valence-electron chi connectivity index (χ4n) is 2.64. The van der Waals surface area contributed by atoms with Crippen LogP contribution in [0.1, 0.15) is 17.2 Å². The molecule has 3 aromatic carbocycles. The van der Waals surface area contributed by atoms with Gasteiger partial charge in [-0.25, -0.2) is 0 Å². The van der Waals surface area contributed by atoms with E-state index in [0.717, 1.165) is 22.3 Å². The highest BCUT2D eigenvalue weighted by atomic mass is 35.5. The van der Waals surface area contributed by atoms with Crippen LogP contribution >= 0.6 is 11.6 Å². The van der Waals surface area contributed by atoms with E-state index in [-0.39, 0.29) is 6.04 Å². The summed E-state index contributed by atoms with van der Waals surface area (Å²) in [6.45, 7) is 0. The lowest BCUT2D eigenvalue weighted by atomic mass is 9.94. The van der Waals surface area contributed by atoms with Gasteiger partial charge in [0.1, 0.15) is 5.75 Å². The molecule has 0 bridgehead atoms. The number of benzene rings is 3. The third-order valence-electron chi connectivity index (χ3n) is 3.69. The molecular weight excluding hydrogens is 282 g/mol. The molecule has 0 aliphatic carbocycles. The van der Waals surface area contributed by atoms with Crippen LogP contribution in [-0.2, 0) is 0 Å². The number of hydrogen-bond donors (Lipinski definition) is 1. The van der Waals surface area contributed by atoms with Crippen molar-refractivity contribution < 1.29 is 4.74 Å². The molecule has 1 unspecified atom stereocenters. The molecule has 3 aromatic rings. The summed E-state index contributed by atoms with van der Waals surface area (Å²) in [7, 11) is 1.64. The van der Waals surface area contributed by atoms with Gasteiger partial charge in [-0.3, -0.25) is 0 Å². The van der Waals surface area contributed by atoms with Gasteiger partial charge >= 0.3 is 0 Å². The molecule has 2 N–H and O–H groups in total. The summed E-state index contributed by atoms with van der Waals surface area (Å²) in [4.78, 5) is 0. The van der Waals surface area contributed by atoms with Crippen molar-refractivity contribution in [1.82, 2.24) is 0 Å². The van der Waals surface area contributed by atoms with Crippen LogP contribution in [0.5, 0.6) is 5.75 Å². The first kappa shape index (κ1) is 13.9. The summed E-state index contributed by atoms with van der Waals surface area (Å²) >= 11 is 6.11. The average molecular weight is 298 g/mol. The third-order valence-corrected chi connectivity index (χ3v) is 3.92. The van der Waals surface area contributed by atoms with Crippen molar-refractivity contribution in [2.75, 3.05) is 7.11 Å². The zero-order valence-corrected chi connectivity index (χ0v) is 12.5. The molecule has 0 radical (unpaired) electrons. The van der Waals surface area contributed by atoms with Crippen molar-refractivity contribution in [2.45, 2.75) is 6.04 Å². The van der Waals surface area contributed by atoms with Crippen LogP contribution < -0.4 is 10.5 Å². The highest BCUT2D eigenvalue weighted by Gasteiger charge is 2.16. The first-order chi connectivity index (χ1) is 10.2. The molecule has 21 heavy (non-hydrogen) atoms. The van der Waals surface area contributed by atoms with Crippen molar-refractivity contribution in [3.8, 4) is 5.75 Å². The fraction of sp³-hybridized carbons (Fsp3) is 0.111. The van der Waals surface area contributed by atoms with E-state index in [0.29, 0.717) is 5.02 Å². The van der Waals surface area contributed by atoms with Crippen molar-refractivity contribution in [1.29, 1.82) is 0 Å². The van der Waals surface area contributed by atoms with E-state index < -0.39 is 0 Å². The standard InChI is InChI=1S/C18H16ClNO/c1-21-17-10-9-13(19)11-16(17)18(20)15-8-4-6-12-5-2-3-7-14(12)15/h2-11,18H,20H2,1H3. The van der Waals surface area contributed by atoms with E-state index >= 15 is 0 Å². The maximum Gasteiger partial charge on any atom is 0.124 e. The monoisotopic (exact) mass is 297 g/mol. The number of halogens is 1. The second-order valence-corrected chi connectivity index (χ2v) is 5.37. The maximum absolute atomic E-state index is 6.49.